The topological polar surface area (TPSA) is 66.5 Å². The molecule has 3 aromatic carbocycles. The lowest BCUT2D eigenvalue weighted by atomic mass is 9.90. The monoisotopic (exact) mass is 422 g/mol. The summed E-state index contributed by atoms with van der Waals surface area (Å²) in [5.74, 6) is -0.641. The van der Waals surface area contributed by atoms with Crippen molar-refractivity contribution in [1.82, 2.24) is 4.31 Å². The summed E-state index contributed by atoms with van der Waals surface area (Å²) in [4.78, 5) is 13.4. The zero-order valence-electron chi connectivity index (χ0n) is 17.2. The molecule has 1 N–H and O–H groups in total. The third-order valence-corrected chi connectivity index (χ3v) is 7.06. The smallest absolute Gasteiger partial charge is 0.243 e. The number of anilines is 1. The van der Waals surface area contributed by atoms with Crippen molar-refractivity contribution in [2.75, 3.05) is 18.4 Å². The van der Waals surface area contributed by atoms with Gasteiger partial charge in [-0.05, 0) is 35.4 Å². The number of sulfonamides is 1. The van der Waals surface area contributed by atoms with Crippen molar-refractivity contribution in [1.29, 1.82) is 0 Å². The first-order valence-corrected chi connectivity index (χ1v) is 11.4. The van der Waals surface area contributed by atoms with E-state index in [1.807, 2.05) is 74.5 Å². The van der Waals surface area contributed by atoms with Gasteiger partial charge in [0.05, 0.1) is 10.8 Å². The fraction of sp³-hybridized carbons (Fsp3) is 0.208. The van der Waals surface area contributed by atoms with Crippen LogP contribution in [-0.4, -0.2) is 31.7 Å². The maximum atomic E-state index is 13.2. The Balaban J connectivity index is 1.85. The van der Waals surface area contributed by atoms with Crippen LogP contribution in [-0.2, 0) is 14.8 Å². The van der Waals surface area contributed by atoms with Gasteiger partial charge in [0.2, 0.25) is 15.9 Å². The van der Waals surface area contributed by atoms with Gasteiger partial charge in [-0.1, -0.05) is 74.5 Å². The van der Waals surface area contributed by atoms with Gasteiger partial charge in [-0.3, -0.25) is 4.79 Å². The van der Waals surface area contributed by atoms with E-state index in [4.69, 9.17) is 0 Å². The van der Waals surface area contributed by atoms with E-state index in [9.17, 15) is 13.2 Å². The van der Waals surface area contributed by atoms with Crippen LogP contribution >= 0.6 is 0 Å². The number of amides is 1. The van der Waals surface area contributed by atoms with Crippen molar-refractivity contribution in [3.8, 4) is 0 Å². The van der Waals surface area contributed by atoms with Crippen LogP contribution < -0.4 is 5.32 Å². The average molecular weight is 423 g/mol. The van der Waals surface area contributed by atoms with Crippen molar-refractivity contribution in [2.45, 2.75) is 24.7 Å². The molecule has 3 aromatic rings. The predicted octanol–water partition coefficient (Wildman–Crippen LogP) is 4.49. The number of rotatable bonds is 8. The molecule has 0 fully saturated rings. The van der Waals surface area contributed by atoms with Crippen molar-refractivity contribution in [3.63, 3.8) is 0 Å². The molecule has 0 bridgehead atoms. The number of hydrogen-bond donors (Lipinski definition) is 1. The molecule has 0 aliphatic rings. The predicted molar refractivity (Wildman–Crippen MR) is 120 cm³/mol. The fourth-order valence-corrected chi connectivity index (χ4v) is 4.88. The van der Waals surface area contributed by atoms with Gasteiger partial charge in [-0.25, -0.2) is 8.42 Å². The molecule has 0 radical (unpaired) electrons. The van der Waals surface area contributed by atoms with Crippen molar-refractivity contribution in [2.24, 2.45) is 0 Å². The zero-order valence-corrected chi connectivity index (χ0v) is 18.0. The quantitative estimate of drug-likeness (QED) is 0.582. The normalized spacial score (nSPS) is 11.6. The molecule has 0 aliphatic heterocycles. The van der Waals surface area contributed by atoms with Crippen LogP contribution in [0.5, 0.6) is 0 Å². The third-order valence-electron chi connectivity index (χ3n) is 4.99. The Morgan fingerprint density at radius 2 is 1.27 bits per heavy atom. The fourth-order valence-electron chi connectivity index (χ4n) is 3.42. The van der Waals surface area contributed by atoms with Crippen LogP contribution in [0.1, 0.15) is 30.9 Å². The zero-order chi connectivity index (χ0) is 21.6. The van der Waals surface area contributed by atoms with Gasteiger partial charge >= 0.3 is 0 Å². The van der Waals surface area contributed by atoms with E-state index in [0.717, 1.165) is 11.1 Å². The van der Waals surface area contributed by atoms with E-state index >= 15 is 0 Å². The number of carbonyl (C=O) groups is 1. The molecule has 0 unspecified atom stereocenters. The standard InChI is InChI=1S/C24H26N2O3S/c1-3-26(4-2)30(28,29)22-17-15-21(16-18-22)25-24(27)23(19-11-7-5-8-12-19)20-13-9-6-10-14-20/h5-18,23H,3-4H2,1-2H3,(H,25,27). The second-order valence-electron chi connectivity index (χ2n) is 6.86. The highest BCUT2D eigenvalue weighted by Gasteiger charge is 2.24. The molecule has 6 heteroatoms. The van der Waals surface area contributed by atoms with Crippen molar-refractivity contribution < 1.29 is 13.2 Å². The Morgan fingerprint density at radius 3 is 1.70 bits per heavy atom. The summed E-state index contributed by atoms with van der Waals surface area (Å²) in [6.45, 7) is 4.44. The van der Waals surface area contributed by atoms with Crippen LogP contribution in [0.4, 0.5) is 5.69 Å². The van der Waals surface area contributed by atoms with Gasteiger partial charge in [0.25, 0.3) is 0 Å². The minimum absolute atomic E-state index is 0.174. The molecule has 0 spiro atoms. The largest absolute Gasteiger partial charge is 0.325 e. The molecular formula is C24H26N2O3S. The van der Waals surface area contributed by atoms with E-state index in [1.165, 1.54) is 16.4 Å². The molecule has 30 heavy (non-hydrogen) atoms. The molecule has 3 rings (SSSR count). The van der Waals surface area contributed by atoms with Crippen molar-refractivity contribution >= 4 is 21.6 Å². The summed E-state index contributed by atoms with van der Waals surface area (Å²) in [5.41, 5.74) is 2.33. The van der Waals surface area contributed by atoms with Crippen molar-refractivity contribution in [3.05, 3.63) is 96.1 Å². The first kappa shape index (κ1) is 21.7. The highest BCUT2D eigenvalue weighted by atomic mass is 32.2. The molecule has 0 saturated heterocycles. The van der Waals surface area contributed by atoms with Gasteiger partial charge in [0.1, 0.15) is 0 Å². The summed E-state index contributed by atoms with van der Waals surface area (Å²) < 4.78 is 26.7. The maximum absolute atomic E-state index is 13.2. The Hall–Kier alpha value is -2.96. The summed E-state index contributed by atoms with van der Waals surface area (Å²) in [5, 5.41) is 2.93. The first-order valence-electron chi connectivity index (χ1n) is 9.98. The van der Waals surface area contributed by atoms with E-state index in [-0.39, 0.29) is 10.8 Å². The van der Waals surface area contributed by atoms with Crippen LogP contribution in [0.25, 0.3) is 0 Å². The highest BCUT2D eigenvalue weighted by Crippen LogP contribution is 2.27. The lowest BCUT2D eigenvalue weighted by molar-refractivity contribution is -0.116. The van der Waals surface area contributed by atoms with Crippen LogP contribution in [0, 0.1) is 0 Å². The van der Waals surface area contributed by atoms with E-state index in [0.29, 0.717) is 18.8 Å². The Labute approximate surface area is 178 Å². The third kappa shape index (κ3) is 4.78. The summed E-state index contributed by atoms with van der Waals surface area (Å²) in [6, 6.07) is 25.5. The molecule has 0 saturated carbocycles. The first-order chi connectivity index (χ1) is 14.5. The summed E-state index contributed by atoms with van der Waals surface area (Å²) in [6.07, 6.45) is 0. The maximum Gasteiger partial charge on any atom is 0.243 e. The van der Waals surface area contributed by atoms with E-state index in [1.54, 1.807) is 12.1 Å². The number of benzene rings is 3. The molecule has 0 aliphatic carbocycles. The Morgan fingerprint density at radius 1 is 0.800 bits per heavy atom. The molecule has 5 nitrogen and oxygen atoms in total. The van der Waals surface area contributed by atoms with Gasteiger partial charge in [0, 0.05) is 18.8 Å². The number of carbonyl (C=O) groups excluding carboxylic acids is 1. The summed E-state index contributed by atoms with van der Waals surface area (Å²) in [7, 11) is -3.53. The van der Waals surface area contributed by atoms with Crippen LogP contribution in [0.2, 0.25) is 0 Å². The Kier molecular flexibility index (Phi) is 7.03. The molecule has 156 valence electrons. The molecule has 0 atom stereocenters. The highest BCUT2D eigenvalue weighted by molar-refractivity contribution is 7.89. The summed E-state index contributed by atoms with van der Waals surface area (Å²) >= 11 is 0. The van der Waals surface area contributed by atoms with E-state index in [2.05, 4.69) is 5.32 Å². The lowest BCUT2D eigenvalue weighted by Gasteiger charge is -2.19. The number of hydrogen-bond acceptors (Lipinski definition) is 3. The van der Waals surface area contributed by atoms with Crippen LogP contribution in [0.3, 0.4) is 0 Å². The van der Waals surface area contributed by atoms with Gasteiger partial charge in [-0.15, -0.1) is 0 Å². The average Bonchev–Trinajstić information content (AvgIpc) is 2.76. The second kappa shape index (κ2) is 9.69. The minimum atomic E-state index is -3.53. The molecule has 0 aromatic heterocycles. The van der Waals surface area contributed by atoms with E-state index < -0.39 is 15.9 Å². The minimum Gasteiger partial charge on any atom is -0.325 e. The molecular weight excluding hydrogens is 396 g/mol. The van der Waals surface area contributed by atoms with Gasteiger partial charge in [-0.2, -0.15) is 4.31 Å². The second-order valence-corrected chi connectivity index (χ2v) is 8.80. The Bertz CT molecular complexity index is 1020. The van der Waals surface area contributed by atoms with Crippen LogP contribution in [0.15, 0.2) is 89.8 Å². The molecule has 1 amide bonds. The number of nitrogens with zero attached hydrogens (tertiary/aromatic N) is 1. The number of nitrogens with one attached hydrogen (secondary N) is 1. The SMILES string of the molecule is CCN(CC)S(=O)(=O)c1ccc(NC(=O)C(c2ccccc2)c2ccccc2)cc1. The lowest BCUT2D eigenvalue weighted by Crippen LogP contribution is -2.30. The molecule has 0 heterocycles. The van der Waals surface area contributed by atoms with Gasteiger partial charge in [0.15, 0.2) is 0 Å². The van der Waals surface area contributed by atoms with Gasteiger partial charge < -0.3 is 5.32 Å².